The van der Waals surface area contributed by atoms with Gasteiger partial charge in [0.1, 0.15) is 17.5 Å². The zero-order valence-corrected chi connectivity index (χ0v) is 18.4. The molecule has 0 atom stereocenters. The molecule has 10 heteroatoms. The normalized spacial score (nSPS) is 11.5. The summed E-state index contributed by atoms with van der Waals surface area (Å²) in [6.07, 6.45) is 0. The molecule has 5 aromatic carbocycles. The number of methoxy groups -OCH3 is 1. The SMILES string of the molecule is COc1c(F)c(F)c(-c2c3cc(F)c(F)cc3c(-c3ccc(F)cc3F)c3cccc(F)c23)c(F)c1F. The van der Waals surface area contributed by atoms with Crippen LogP contribution in [0.2, 0.25) is 0 Å². The van der Waals surface area contributed by atoms with E-state index in [1.54, 1.807) is 0 Å². The van der Waals surface area contributed by atoms with Crippen molar-refractivity contribution in [2.75, 3.05) is 7.11 Å². The second-order valence-electron chi connectivity index (χ2n) is 8.01. The first-order valence-corrected chi connectivity index (χ1v) is 10.4. The molecular weight excluding hydrogens is 511 g/mol. The van der Waals surface area contributed by atoms with Crippen LogP contribution in [0.1, 0.15) is 0 Å². The van der Waals surface area contributed by atoms with E-state index in [2.05, 4.69) is 4.74 Å². The monoisotopic (exact) mass is 522 g/mol. The van der Waals surface area contributed by atoms with Crippen LogP contribution in [0.15, 0.2) is 48.5 Å². The van der Waals surface area contributed by atoms with Crippen molar-refractivity contribution in [1.29, 1.82) is 0 Å². The molecule has 0 aliphatic rings. The first kappa shape index (κ1) is 24.5. The van der Waals surface area contributed by atoms with E-state index in [4.69, 9.17) is 0 Å². The molecule has 0 bridgehead atoms. The molecule has 0 amide bonds. The molecule has 0 radical (unpaired) electrons. The fourth-order valence-corrected chi connectivity index (χ4v) is 4.48. The van der Waals surface area contributed by atoms with E-state index in [0.29, 0.717) is 18.2 Å². The minimum Gasteiger partial charge on any atom is -0.491 e. The quantitative estimate of drug-likeness (QED) is 0.131. The Morgan fingerprint density at radius 1 is 0.514 bits per heavy atom. The average molecular weight is 522 g/mol. The molecule has 0 fully saturated rings. The van der Waals surface area contributed by atoms with Crippen molar-refractivity contribution in [1.82, 2.24) is 0 Å². The number of halogens is 9. The Labute approximate surface area is 202 Å². The predicted molar refractivity (Wildman–Crippen MR) is 119 cm³/mol. The summed E-state index contributed by atoms with van der Waals surface area (Å²) in [6, 6.07) is 6.46. The highest BCUT2D eigenvalue weighted by atomic mass is 19.2. The van der Waals surface area contributed by atoms with Crippen molar-refractivity contribution in [3.8, 4) is 28.0 Å². The fourth-order valence-electron chi connectivity index (χ4n) is 4.48. The third kappa shape index (κ3) is 3.58. The summed E-state index contributed by atoms with van der Waals surface area (Å²) in [5, 5.41) is -1.96. The number of hydrogen-bond donors (Lipinski definition) is 0. The van der Waals surface area contributed by atoms with Crippen LogP contribution < -0.4 is 4.74 Å². The van der Waals surface area contributed by atoms with E-state index in [1.807, 2.05) is 0 Å². The lowest BCUT2D eigenvalue weighted by Gasteiger charge is -2.20. The molecule has 37 heavy (non-hydrogen) atoms. The van der Waals surface area contributed by atoms with Crippen LogP contribution in [0.25, 0.3) is 43.8 Å². The summed E-state index contributed by atoms with van der Waals surface area (Å²) in [5.41, 5.74) is -2.94. The van der Waals surface area contributed by atoms with Crippen molar-refractivity contribution in [3.05, 3.63) is 101 Å². The zero-order valence-electron chi connectivity index (χ0n) is 18.4. The maximum Gasteiger partial charge on any atom is 0.204 e. The largest absolute Gasteiger partial charge is 0.491 e. The Bertz CT molecular complexity index is 1730. The van der Waals surface area contributed by atoms with Crippen LogP contribution in [0, 0.1) is 52.4 Å². The van der Waals surface area contributed by atoms with Gasteiger partial charge in [-0.1, -0.05) is 12.1 Å². The number of fused-ring (bicyclic) bond motifs is 2. The summed E-state index contributed by atoms with van der Waals surface area (Å²) < 4.78 is 137. The molecule has 0 saturated carbocycles. The number of ether oxygens (including phenoxy) is 1. The number of rotatable bonds is 3. The van der Waals surface area contributed by atoms with Crippen LogP contribution in [0.3, 0.4) is 0 Å². The molecule has 0 aliphatic carbocycles. The Hall–Kier alpha value is -4.21. The highest BCUT2D eigenvalue weighted by Gasteiger charge is 2.31. The van der Waals surface area contributed by atoms with E-state index >= 15 is 13.2 Å². The summed E-state index contributed by atoms with van der Waals surface area (Å²) in [4.78, 5) is 0. The molecule has 0 unspecified atom stereocenters. The van der Waals surface area contributed by atoms with Crippen LogP contribution in [-0.2, 0) is 0 Å². The average Bonchev–Trinajstić information content (AvgIpc) is 2.85. The van der Waals surface area contributed by atoms with Crippen LogP contribution in [-0.4, -0.2) is 7.11 Å². The maximum absolute atomic E-state index is 15.3. The topological polar surface area (TPSA) is 9.23 Å². The summed E-state index contributed by atoms with van der Waals surface area (Å²) in [5.74, 6) is -15.6. The van der Waals surface area contributed by atoms with Crippen molar-refractivity contribution < 1.29 is 44.3 Å². The van der Waals surface area contributed by atoms with E-state index in [9.17, 15) is 26.3 Å². The van der Waals surface area contributed by atoms with Gasteiger partial charge in [0.2, 0.25) is 11.6 Å². The van der Waals surface area contributed by atoms with E-state index < -0.39 is 85.4 Å². The highest BCUT2D eigenvalue weighted by Crippen LogP contribution is 2.48. The predicted octanol–water partition coefficient (Wildman–Crippen LogP) is 8.59. The van der Waals surface area contributed by atoms with Gasteiger partial charge in [-0.25, -0.2) is 30.7 Å². The van der Waals surface area contributed by atoms with Gasteiger partial charge >= 0.3 is 0 Å². The molecule has 0 aliphatic heterocycles. The molecule has 0 saturated heterocycles. The first-order chi connectivity index (χ1) is 17.6. The molecule has 0 N–H and O–H groups in total. The molecule has 0 aromatic heterocycles. The molecule has 5 rings (SSSR count). The minimum atomic E-state index is -1.99. The second-order valence-corrected chi connectivity index (χ2v) is 8.01. The van der Waals surface area contributed by atoms with Crippen molar-refractivity contribution in [3.63, 3.8) is 0 Å². The highest BCUT2D eigenvalue weighted by molar-refractivity contribution is 6.21. The van der Waals surface area contributed by atoms with Gasteiger partial charge in [0.05, 0.1) is 12.7 Å². The maximum atomic E-state index is 15.3. The van der Waals surface area contributed by atoms with Crippen molar-refractivity contribution in [2.45, 2.75) is 0 Å². The Balaban J connectivity index is 2.11. The third-order valence-electron chi connectivity index (χ3n) is 6.01. The smallest absolute Gasteiger partial charge is 0.204 e. The van der Waals surface area contributed by atoms with Crippen LogP contribution in [0.5, 0.6) is 5.75 Å². The number of hydrogen-bond acceptors (Lipinski definition) is 1. The molecule has 1 nitrogen and oxygen atoms in total. The molecule has 188 valence electrons. The first-order valence-electron chi connectivity index (χ1n) is 10.4. The van der Waals surface area contributed by atoms with Gasteiger partial charge < -0.3 is 4.74 Å². The van der Waals surface area contributed by atoms with E-state index in [-0.39, 0.29) is 16.5 Å². The molecular formula is C27H11F9O. The Morgan fingerprint density at radius 2 is 1.11 bits per heavy atom. The standard InChI is InChI=1S/C27H11F9O/c1-37-27-25(35)23(33)22(24(34)26(27)36)21-14-9-18(32)17(31)8-13(14)19(11-6-5-10(28)7-16(11)30)12-3-2-4-15(29)20(12)21/h2-9H,1H3. The molecule has 0 heterocycles. The van der Waals surface area contributed by atoms with E-state index in [1.165, 1.54) is 6.07 Å². The van der Waals surface area contributed by atoms with E-state index in [0.717, 1.165) is 31.4 Å². The minimum absolute atomic E-state index is 0.278. The van der Waals surface area contributed by atoms with Gasteiger partial charge in [-0.3, -0.25) is 0 Å². The summed E-state index contributed by atoms with van der Waals surface area (Å²) in [6.45, 7) is 0. The van der Waals surface area contributed by atoms with Crippen LogP contribution in [0.4, 0.5) is 39.5 Å². The van der Waals surface area contributed by atoms with Gasteiger partial charge in [0.15, 0.2) is 29.0 Å². The van der Waals surface area contributed by atoms with Crippen molar-refractivity contribution in [2.24, 2.45) is 0 Å². The van der Waals surface area contributed by atoms with Crippen molar-refractivity contribution >= 4 is 21.5 Å². The van der Waals surface area contributed by atoms with Gasteiger partial charge in [-0.2, -0.15) is 8.78 Å². The van der Waals surface area contributed by atoms with Crippen LogP contribution >= 0.6 is 0 Å². The van der Waals surface area contributed by atoms with Gasteiger partial charge in [-0.05, 0) is 46.5 Å². The Kier molecular flexibility index (Phi) is 5.77. The summed E-state index contributed by atoms with van der Waals surface area (Å²) in [7, 11) is 0.759. The number of benzene rings is 5. The lowest BCUT2D eigenvalue weighted by molar-refractivity contribution is 0.334. The van der Waals surface area contributed by atoms with Gasteiger partial charge in [0, 0.05) is 28.1 Å². The van der Waals surface area contributed by atoms with Gasteiger partial charge in [-0.15, -0.1) is 0 Å². The lowest BCUT2D eigenvalue weighted by atomic mass is 9.85. The molecule has 0 spiro atoms. The zero-order chi connectivity index (χ0) is 26.8. The Morgan fingerprint density at radius 3 is 1.68 bits per heavy atom. The second kappa shape index (κ2) is 8.72. The third-order valence-corrected chi connectivity index (χ3v) is 6.01. The van der Waals surface area contributed by atoms with Gasteiger partial charge in [0.25, 0.3) is 0 Å². The summed E-state index contributed by atoms with van der Waals surface area (Å²) >= 11 is 0. The molecule has 5 aromatic rings. The fraction of sp³-hybridized carbons (Fsp3) is 0.0370. The lowest BCUT2D eigenvalue weighted by Crippen LogP contribution is -2.05.